The molecule has 0 aromatic rings. The molecule has 0 rings (SSSR count). The molecule has 0 fully saturated rings. The van der Waals surface area contributed by atoms with Crippen LogP contribution < -0.4 is 0 Å². The standard InChI is InChI=1S/C12H27O4P/c1-4-7-10-15-17(14,12(13)9-6-3)16-11-8-5-2/h12-13H,4-11H2,1-3H3/t12-/m1/s1. The highest BCUT2D eigenvalue weighted by Gasteiger charge is 2.33. The Morgan fingerprint density at radius 2 is 1.47 bits per heavy atom. The van der Waals surface area contributed by atoms with Gasteiger partial charge in [0.15, 0.2) is 5.85 Å². The second kappa shape index (κ2) is 10.1. The first-order valence-corrected chi connectivity index (χ1v) is 8.28. The molecular formula is C12H27O4P. The van der Waals surface area contributed by atoms with Gasteiger partial charge in [0.1, 0.15) is 0 Å². The van der Waals surface area contributed by atoms with Crippen molar-refractivity contribution in [3.63, 3.8) is 0 Å². The topological polar surface area (TPSA) is 55.8 Å². The van der Waals surface area contributed by atoms with Crippen molar-refractivity contribution in [2.24, 2.45) is 0 Å². The van der Waals surface area contributed by atoms with Crippen LogP contribution in [0.1, 0.15) is 59.3 Å². The summed E-state index contributed by atoms with van der Waals surface area (Å²) in [5.74, 6) is -0.985. The summed E-state index contributed by atoms with van der Waals surface area (Å²) in [6.45, 7) is 6.79. The van der Waals surface area contributed by atoms with Gasteiger partial charge in [-0.15, -0.1) is 0 Å². The quantitative estimate of drug-likeness (QED) is 0.454. The smallest absolute Gasteiger partial charge is 0.358 e. The number of aliphatic hydroxyl groups is 1. The van der Waals surface area contributed by atoms with E-state index in [1.54, 1.807) is 0 Å². The van der Waals surface area contributed by atoms with E-state index in [4.69, 9.17) is 9.05 Å². The third kappa shape index (κ3) is 7.20. The third-order valence-corrected chi connectivity index (χ3v) is 4.52. The average molecular weight is 266 g/mol. The summed E-state index contributed by atoms with van der Waals surface area (Å²) in [7, 11) is -3.33. The molecule has 0 amide bonds. The first-order chi connectivity index (χ1) is 8.10. The van der Waals surface area contributed by atoms with E-state index in [1.807, 2.05) is 20.8 Å². The van der Waals surface area contributed by atoms with Gasteiger partial charge in [0, 0.05) is 0 Å². The molecule has 0 saturated carbocycles. The van der Waals surface area contributed by atoms with Gasteiger partial charge >= 0.3 is 7.60 Å². The minimum absolute atomic E-state index is 0.390. The van der Waals surface area contributed by atoms with E-state index >= 15 is 0 Å². The number of rotatable bonds is 11. The molecule has 0 bridgehead atoms. The lowest BCUT2D eigenvalue weighted by Gasteiger charge is -2.23. The Hall–Kier alpha value is 0.110. The maximum absolute atomic E-state index is 12.4. The maximum atomic E-state index is 12.4. The number of hydrogen-bond donors (Lipinski definition) is 1. The Morgan fingerprint density at radius 3 is 1.82 bits per heavy atom. The largest absolute Gasteiger partial charge is 0.380 e. The van der Waals surface area contributed by atoms with Crippen molar-refractivity contribution in [3.8, 4) is 0 Å². The van der Waals surface area contributed by atoms with E-state index in [-0.39, 0.29) is 0 Å². The maximum Gasteiger partial charge on any atom is 0.358 e. The Balaban J connectivity index is 4.28. The van der Waals surface area contributed by atoms with Gasteiger partial charge in [-0.25, -0.2) is 0 Å². The number of unbranched alkanes of at least 4 members (excludes halogenated alkanes) is 2. The van der Waals surface area contributed by atoms with Crippen molar-refractivity contribution in [2.45, 2.75) is 65.1 Å². The minimum Gasteiger partial charge on any atom is -0.380 e. The Morgan fingerprint density at radius 1 is 1.00 bits per heavy atom. The molecule has 0 aromatic carbocycles. The SMILES string of the molecule is CCCCOP(=O)(OCCCC)[C@@H](O)CCC. The van der Waals surface area contributed by atoms with Gasteiger partial charge in [-0.2, -0.15) is 0 Å². The van der Waals surface area contributed by atoms with Crippen molar-refractivity contribution in [1.82, 2.24) is 0 Å². The average Bonchev–Trinajstić information content (AvgIpc) is 2.30. The van der Waals surface area contributed by atoms with Gasteiger partial charge in [-0.3, -0.25) is 4.57 Å². The predicted molar refractivity (Wildman–Crippen MR) is 70.2 cm³/mol. The zero-order chi connectivity index (χ0) is 13.1. The van der Waals surface area contributed by atoms with Gasteiger partial charge in [0.2, 0.25) is 0 Å². The van der Waals surface area contributed by atoms with E-state index in [2.05, 4.69) is 0 Å². The fourth-order valence-corrected chi connectivity index (χ4v) is 3.06. The first kappa shape index (κ1) is 17.1. The molecule has 0 aliphatic heterocycles. The lowest BCUT2D eigenvalue weighted by atomic mass is 10.4. The van der Waals surface area contributed by atoms with Crippen LogP contribution in [0.4, 0.5) is 0 Å². The number of hydrogen-bond acceptors (Lipinski definition) is 4. The summed E-state index contributed by atoms with van der Waals surface area (Å²) >= 11 is 0. The van der Waals surface area contributed by atoms with Gasteiger partial charge in [-0.05, 0) is 19.3 Å². The lowest BCUT2D eigenvalue weighted by Crippen LogP contribution is -2.13. The zero-order valence-corrected chi connectivity index (χ0v) is 12.2. The van der Waals surface area contributed by atoms with Crippen LogP contribution in [0.15, 0.2) is 0 Å². The van der Waals surface area contributed by atoms with Crippen molar-refractivity contribution >= 4 is 7.60 Å². The van der Waals surface area contributed by atoms with Crippen molar-refractivity contribution in [1.29, 1.82) is 0 Å². The molecule has 0 heterocycles. The molecule has 0 saturated heterocycles. The minimum atomic E-state index is -3.33. The summed E-state index contributed by atoms with van der Waals surface area (Å²) < 4.78 is 23.0. The van der Waals surface area contributed by atoms with E-state index < -0.39 is 13.4 Å². The van der Waals surface area contributed by atoms with E-state index in [1.165, 1.54) is 0 Å². The highest BCUT2D eigenvalue weighted by Crippen LogP contribution is 2.53. The van der Waals surface area contributed by atoms with Gasteiger partial charge in [0.05, 0.1) is 13.2 Å². The molecule has 0 aliphatic rings. The summed E-state index contributed by atoms with van der Waals surface area (Å²) in [5, 5.41) is 9.85. The Kier molecular flexibility index (Phi) is 10.1. The first-order valence-electron chi connectivity index (χ1n) is 6.67. The van der Waals surface area contributed by atoms with Crippen molar-refractivity contribution < 1.29 is 18.7 Å². The van der Waals surface area contributed by atoms with Crippen LogP contribution in [0.2, 0.25) is 0 Å². The van der Waals surface area contributed by atoms with Gasteiger partial charge in [0.25, 0.3) is 0 Å². The molecule has 0 unspecified atom stereocenters. The third-order valence-electron chi connectivity index (χ3n) is 2.45. The highest BCUT2D eigenvalue weighted by atomic mass is 31.2. The second-order valence-corrected chi connectivity index (χ2v) is 6.37. The molecule has 0 aromatic heterocycles. The summed E-state index contributed by atoms with van der Waals surface area (Å²) in [6, 6.07) is 0. The van der Waals surface area contributed by atoms with Crippen LogP contribution in [0.25, 0.3) is 0 Å². The van der Waals surface area contributed by atoms with Crippen LogP contribution in [-0.2, 0) is 13.6 Å². The van der Waals surface area contributed by atoms with Gasteiger partial charge in [-0.1, -0.05) is 40.0 Å². The Labute approximate surface area is 105 Å². The van der Waals surface area contributed by atoms with Crippen LogP contribution in [-0.4, -0.2) is 24.2 Å². The summed E-state index contributed by atoms with van der Waals surface area (Å²) in [6.07, 6.45) is 4.83. The van der Waals surface area contributed by atoms with Crippen LogP contribution >= 0.6 is 7.60 Å². The molecule has 0 aliphatic carbocycles. The summed E-state index contributed by atoms with van der Waals surface area (Å²) in [4.78, 5) is 0. The second-order valence-electron chi connectivity index (χ2n) is 4.18. The molecule has 4 nitrogen and oxygen atoms in total. The predicted octanol–water partition coefficient (Wildman–Crippen LogP) is 3.93. The molecule has 1 atom stereocenters. The van der Waals surface area contributed by atoms with E-state index in [0.717, 1.165) is 32.1 Å². The molecule has 0 radical (unpaired) electrons. The fraction of sp³-hybridized carbons (Fsp3) is 1.00. The van der Waals surface area contributed by atoms with Crippen LogP contribution in [0.3, 0.4) is 0 Å². The summed E-state index contributed by atoms with van der Waals surface area (Å²) in [5.41, 5.74) is 0. The fourth-order valence-electron chi connectivity index (χ4n) is 1.30. The Bertz CT molecular complexity index is 207. The molecule has 0 spiro atoms. The molecule has 104 valence electrons. The van der Waals surface area contributed by atoms with E-state index in [9.17, 15) is 9.67 Å². The highest BCUT2D eigenvalue weighted by molar-refractivity contribution is 7.54. The lowest BCUT2D eigenvalue weighted by molar-refractivity contribution is 0.134. The normalized spacial score (nSPS) is 13.9. The molecule has 5 heteroatoms. The van der Waals surface area contributed by atoms with Crippen molar-refractivity contribution in [2.75, 3.05) is 13.2 Å². The monoisotopic (exact) mass is 266 g/mol. The molecule has 1 N–H and O–H groups in total. The van der Waals surface area contributed by atoms with Crippen molar-refractivity contribution in [3.05, 3.63) is 0 Å². The van der Waals surface area contributed by atoms with Crippen LogP contribution in [0.5, 0.6) is 0 Å². The van der Waals surface area contributed by atoms with Crippen LogP contribution in [0, 0.1) is 0 Å². The molecular weight excluding hydrogens is 239 g/mol. The molecule has 17 heavy (non-hydrogen) atoms. The number of aliphatic hydroxyl groups excluding tert-OH is 1. The zero-order valence-electron chi connectivity index (χ0n) is 11.4. The van der Waals surface area contributed by atoms with E-state index in [0.29, 0.717) is 19.6 Å². The van der Waals surface area contributed by atoms with Gasteiger partial charge < -0.3 is 14.2 Å².